The third-order valence-corrected chi connectivity index (χ3v) is 4.50. The van der Waals surface area contributed by atoms with E-state index in [9.17, 15) is 8.42 Å². The molecule has 0 radical (unpaired) electrons. The van der Waals surface area contributed by atoms with Crippen molar-refractivity contribution in [2.45, 2.75) is 24.3 Å². The Morgan fingerprint density at radius 3 is 2.84 bits per heavy atom. The molecule has 3 N–H and O–H groups in total. The molecular weight excluding hydrogens is 262 g/mol. The van der Waals surface area contributed by atoms with E-state index >= 15 is 0 Å². The number of nitrogens with one attached hydrogen (secondary N) is 1. The summed E-state index contributed by atoms with van der Waals surface area (Å²) < 4.78 is 27.3. The van der Waals surface area contributed by atoms with Crippen molar-refractivity contribution in [3.05, 3.63) is 36.5 Å². The molecule has 0 amide bonds. The molecule has 0 aliphatic rings. The van der Waals surface area contributed by atoms with Crippen LogP contribution in [0, 0.1) is 0 Å². The fourth-order valence-electron chi connectivity index (χ4n) is 1.95. The molecule has 0 spiro atoms. The molecule has 1 aromatic carbocycles. The van der Waals surface area contributed by atoms with Crippen molar-refractivity contribution in [2.24, 2.45) is 5.73 Å². The van der Waals surface area contributed by atoms with Crippen molar-refractivity contribution >= 4 is 20.9 Å². The lowest BCUT2D eigenvalue weighted by molar-refractivity contribution is 0.550. The Morgan fingerprint density at radius 2 is 2.11 bits per heavy atom. The Labute approximate surface area is 112 Å². The predicted octanol–water partition coefficient (Wildman–Crippen LogP) is 1.25. The zero-order valence-electron chi connectivity index (χ0n) is 10.7. The van der Waals surface area contributed by atoms with E-state index in [1.165, 1.54) is 0 Å². The zero-order valence-corrected chi connectivity index (χ0v) is 11.5. The second-order valence-electron chi connectivity index (χ2n) is 4.43. The van der Waals surface area contributed by atoms with Crippen LogP contribution in [0.4, 0.5) is 0 Å². The van der Waals surface area contributed by atoms with Crippen LogP contribution in [-0.2, 0) is 10.0 Å². The van der Waals surface area contributed by atoms with Gasteiger partial charge < -0.3 is 5.73 Å². The molecule has 1 unspecified atom stereocenters. The average molecular weight is 279 g/mol. The van der Waals surface area contributed by atoms with Crippen molar-refractivity contribution in [1.29, 1.82) is 0 Å². The molecule has 0 aliphatic heterocycles. The minimum atomic E-state index is -3.55. The van der Waals surface area contributed by atoms with Crippen LogP contribution in [0.15, 0.2) is 41.4 Å². The summed E-state index contributed by atoms with van der Waals surface area (Å²) in [6.45, 7) is 2.24. The summed E-state index contributed by atoms with van der Waals surface area (Å²) in [4.78, 5) is 4.41. The Bertz CT molecular complexity index is 665. The molecular formula is C13H17N3O2S. The number of hydrogen-bond acceptors (Lipinski definition) is 4. The number of fused-ring (bicyclic) bond motifs is 1. The smallest absolute Gasteiger partial charge is 0.241 e. The molecule has 1 aromatic heterocycles. The quantitative estimate of drug-likeness (QED) is 0.862. The van der Waals surface area contributed by atoms with Gasteiger partial charge in [-0.2, -0.15) is 0 Å². The van der Waals surface area contributed by atoms with Gasteiger partial charge in [-0.1, -0.05) is 6.07 Å². The molecule has 5 nitrogen and oxygen atoms in total. The predicted molar refractivity (Wildman–Crippen MR) is 75.2 cm³/mol. The van der Waals surface area contributed by atoms with Gasteiger partial charge in [-0.05, 0) is 44.2 Å². The van der Waals surface area contributed by atoms with Gasteiger partial charge in [0.1, 0.15) is 0 Å². The first-order chi connectivity index (χ1) is 9.04. The molecule has 1 atom stereocenters. The van der Waals surface area contributed by atoms with Gasteiger partial charge >= 0.3 is 0 Å². The number of benzene rings is 1. The molecule has 0 fully saturated rings. The number of nitrogens with zero attached hydrogens (tertiary/aromatic N) is 1. The van der Waals surface area contributed by atoms with Gasteiger partial charge in [-0.25, -0.2) is 13.1 Å². The van der Waals surface area contributed by atoms with Crippen LogP contribution in [0.5, 0.6) is 0 Å². The molecule has 0 bridgehead atoms. The van der Waals surface area contributed by atoms with E-state index in [1.807, 2.05) is 0 Å². The minimum absolute atomic E-state index is 0.193. The minimum Gasteiger partial charge on any atom is -0.330 e. The van der Waals surface area contributed by atoms with Gasteiger partial charge in [0.25, 0.3) is 0 Å². The SMILES string of the molecule is CC(CCN)NS(=O)(=O)c1cccc2ncccc12. The monoisotopic (exact) mass is 279 g/mol. The number of rotatable bonds is 5. The topological polar surface area (TPSA) is 85.1 Å². The first-order valence-electron chi connectivity index (χ1n) is 6.11. The largest absolute Gasteiger partial charge is 0.330 e. The number of sulfonamides is 1. The number of pyridine rings is 1. The van der Waals surface area contributed by atoms with Crippen molar-refractivity contribution in [3.63, 3.8) is 0 Å². The van der Waals surface area contributed by atoms with E-state index in [-0.39, 0.29) is 10.9 Å². The summed E-state index contributed by atoms with van der Waals surface area (Å²) in [6.07, 6.45) is 2.24. The van der Waals surface area contributed by atoms with E-state index in [4.69, 9.17) is 5.73 Å². The summed E-state index contributed by atoms with van der Waals surface area (Å²) in [5, 5.41) is 0.623. The second-order valence-corrected chi connectivity index (χ2v) is 6.11. The van der Waals surface area contributed by atoms with Crippen LogP contribution in [-0.4, -0.2) is 26.0 Å². The summed E-state index contributed by atoms with van der Waals surface area (Å²) in [6, 6.07) is 8.35. The van der Waals surface area contributed by atoms with E-state index in [0.717, 1.165) is 0 Å². The highest BCUT2D eigenvalue weighted by Crippen LogP contribution is 2.21. The van der Waals surface area contributed by atoms with Crippen LogP contribution in [0.1, 0.15) is 13.3 Å². The molecule has 0 saturated carbocycles. The van der Waals surface area contributed by atoms with E-state index in [0.29, 0.717) is 23.9 Å². The fraction of sp³-hybridized carbons (Fsp3) is 0.308. The molecule has 0 aliphatic carbocycles. The molecule has 19 heavy (non-hydrogen) atoms. The summed E-state index contributed by atoms with van der Waals surface area (Å²) in [7, 11) is -3.55. The van der Waals surface area contributed by atoms with E-state index in [2.05, 4.69) is 9.71 Å². The molecule has 2 aromatic rings. The average Bonchev–Trinajstić information content (AvgIpc) is 2.37. The highest BCUT2D eigenvalue weighted by atomic mass is 32.2. The van der Waals surface area contributed by atoms with Gasteiger partial charge in [0.05, 0.1) is 10.4 Å². The highest BCUT2D eigenvalue weighted by molar-refractivity contribution is 7.89. The van der Waals surface area contributed by atoms with Crippen LogP contribution >= 0.6 is 0 Å². The van der Waals surface area contributed by atoms with Crippen molar-refractivity contribution in [1.82, 2.24) is 9.71 Å². The molecule has 1 heterocycles. The molecule has 2 rings (SSSR count). The Kier molecular flexibility index (Phi) is 4.14. The summed E-state index contributed by atoms with van der Waals surface area (Å²) >= 11 is 0. The number of nitrogens with two attached hydrogens (primary N) is 1. The highest BCUT2D eigenvalue weighted by Gasteiger charge is 2.19. The van der Waals surface area contributed by atoms with Gasteiger partial charge in [-0.3, -0.25) is 4.98 Å². The first-order valence-corrected chi connectivity index (χ1v) is 7.59. The van der Waals surface area contributed by atoms with E-state index in [1.54, 1.807) is 43.5 Å². The summed E-state index contributed by atoms with van der Waals surface area (Å²) in [5.74, 6) is 0. The van der Waals surface area contributed by atoms with Crippen LogP contribution in [0.25, 0.3) is 10.9 Å². The standard InChI is InChI=1S/C13H17N3O2S/c1-10(7-8-14)16-19(17,18)13-6-2-5-12-11(13)4-3-9-15-12/h2-6,9-10,16H,7-8,14H2,1H3. The Hall–Kier alpha value is -1.50. The first kappa shape index (κ1) is 13.9. The van der Waals surface area contributed by atoms with Gasteiger partial charge in [0.2, 0.25) is 10.0 Å². The van der Waals surface area contributed by atoms with Crippen LogP contribution in [0.2, 0.25) is 0 Å². The lowest BCUT2D eigenvalue weighted by atomic mass is 10.2. The van der Waals surface area contributed by atoms with E-state index < -0.39 is 10.0 Å². The zero-order chi connectivity index (χ0) is 13.9. The lowest BCUT2D eigenvalue weighted by Gasteiger charge is -2.14. The van der Waals surface area contributed by atoms with Crippen molar-refractivity contribution in [2.75, 3.05) is 6.54 Å². The maximum Gasteiger partial charge on any atom is 0.241 e. The second kappa shape index (κ2) is 5.64. The number of aromatic nitrogens is 1. The fourth-order valence-corrected chi connectivity index (χ4v) is 3.44. The third kappa shape index (κ3) is 3.09. The van der Waals surface area contributed by atoms with Crippen LogP contribution in [0.3, 0.4) is 0 Å². The van der Waals surface area contributed by atoms with Gasteiger partial charge in [0, 0.05) is 17.6 Å². The number of hydrogen-bond donors (Lipinski definition) is 2. The van der Waals surface area contributed by atoms with Gasteiger partial charge in [-0.15, -0.1) is 0 Å². The molecule has 6 heteroatoms. The molecule has 102 valence electrons. The third-order valence-electron chi connectivity index (χ3n) is 2.85. The maximum atomic E-state index is 12.4. The van der Waals surface area contributed by atoms with Crippen molar-refractivity contribution < 1.29 is 8.42 Å². The summed E-state index contributed by atoms with van der Waals surface area (Å²) in [5.41, 5.74) is 6.10. The Morgan fingerprint density at radius 1 is 1.32 bits per heavy atom. The van der Waals surface area contributed by atoms with Gasteiger partial charge in [0.15, 0.2) is 0 Å². The van der Waals surface area contributed by atoms with Crippen molar-refractivity contribution in [3.8, 4) is 0 Å². The maximum absolute atomic E-state index is 12.4. The molecule has 0 saturated heterocycles. The lowest BCUT2D eigenvalue weighted by Crippen LogP contribution is -2.34. The van der Waals surface area contributed by atoms with Crippen LogP contribution < -0.4 is 10.5 Å². The normalized spacial score (nSPS) is 13.6. The Balaban J connectivity index is 2.43.